The number of rotatable bonds is 3. The fourth-order valence-electron chi connectivity index (χ4n) is 3.68. The van der Waals surface area contributed by atoms with E-state index in [9.17, 15) is 9.59 Å². The van der Waals surface area contributed by atoms with Crippen LogP contribution in [0, 0.1) is 6.92 Å². The monoisotopic (exact) mass is 356 g/mol. The van der Waals surface area contributed by atoms with Crippen LogP contribution in [0.15, 0.2) is 41.3 Å². The predicted octanol–water partition coefficient (Wildman–Crippen LogP) is 3.77. The van der Waals surface area contributed by atoms with Gasteiger partial charge in [-0.15, -0.1) is 0 Å². The first-order valence-corrected chi connectivity index (χ1v) is 9.19. The Morgan fingerprint density at radius 3 is 2.72 bits per heavy atom. The molecule has 5 heteroatoms. The molecule has 1 atom stereocenters. The van der Waals surface area contributed by atoms with Crippen molar-refractivity contribution in [2.24, 2.45) is 0 Å². The molecule has 4 nitrogen and oxygen atoms in total. The van der Waals surface area contributed by atoms with E-state index in [0.29, 0.717) is 23.7 Å². The van der Waals surface area contributed by atoms with Gasteiger partial charge in [0.25, 0.3) is 11.5 Å². The van der Waals surface area contributed by atoms with Gasteiger partial charge in [0.15, 0.2) is 0 Å². The largest absolute Gasteiger partial charge is 0.338 e. The predicted molar refractivity (Wildman–Crippen MR) is 98.4 cm³/mol. The van der Waals surface area contributed by atoms with Gasteiger partial charge in [0, 0.05) is 36.3 Å². The minimum atomic E-state index is -0.140. The third-order valence-electron chi connectivity index (χ3n) is 5.28. The van der Waals surface area contributed by atoms with E-state index < -0.39 is 0 Å². The molecule has 1 unspecified atom stereocenters. The number of pyridine rings is 1. The van der Waals surface area contributed by atoms with E-state index in [-0.39, 0.29) is 23.4 Å². The lowest BCUT2D eigenvalue weighted by atomic mass is 9.99. The summed E-state index contributed by atoms with van der Waals surface area (Å²) in [5.74, 6) is 0.138. The molecule has 1 saturated heterocycles. The van der Waals surface area contributed by atoms with E-state index in [4.69, 9.17) is 11.6 Å². The first kappa shape index (κ1) is 16.4. The molecule has 0 spiro atoms. The average molecular weight is 357 g/mol. The van der Waals surface area contributed by atoms with Crippen molar-refractivity contribution in [2.75, 3.05) is 13.1 Å². The van der Waals surface area contributed by atoms with Gasteiger partial charge < -0.3 is 9.47 Å². The highest BCUT2D eigenvalue weighted by Crippen LogP contribution is 2.34. The van der Waals surface area contributed by atoms with Crippen molar-refractivity contribution in [1.29, 1.82) is 0 Å². The molecular weight excluding hydrogens is 336 g/mol. The number of likely N-dealkylation sites (tertiary alicyclic amines) is 1. The second kappa shape index (κ2) is 6.34. The summed E-state index contributed by atoms with van der Waals surface area (Å²) < 4.78 is 1.73. The number of benzene rings is 1. The summed E-state index contributed by atoms with van der Waals surface area (Å²) in [4.78, 5) is 27.6. The van der Waals surface area contributed by atoms with Gasteiger partial charge in [-0.05, 0) is 55.5 Å². The van der Waals surface area contributed by atoms with Gasteiger partial charge in [0.05, 0.1) is 0 Å². The van der Waals surface area contributed by atoms with Crippen molar-refractivity contribution < 1.29 is 4.79 Å². The minimum absolute atomic E-state index is 0.137. The first-order valence-electron chi connectivity index (χ1n) is 8.81. The van der Waals surface area contributed by atoms with Crippen molar-refractivity contribution in [3.8, 4) is 0 Å². The standard InChI is InChI=1S/C20H21ClN2O2/c1-13-7-10-23(17-5-6-17)20(25)18(13)19(24)22-9-8-15(12-22)14-3-2-4-16(21)11-14/h2-4,7,10-11,15,17H,5-6,8-9,12H2,1H3. The van der Waals surface area contributed by atoms with Crippen LogP contribution in [-0.2, 0) is 0 Å². The second-order valence-electron chi connectivity index (χ2n) is 7.11. The molecule has 0 N–H and O–H groups in total. The molecule has 4 rings (SSSR count). The Kier molecular flexibility index (Phi) is 4.16. The van der Waals surface area contributed by atoms with Crippen LogP contribution in [0.3, 0.4) is 0 Å². The van der Waals surface area contributed by atoms with E-state index in [2.05, 4.69) is 6.07 Å². The van der Waals surface area contributed by atoms with Crippen LogP contribution in [0.1, 0.15) is 52.7 Å². The van der Waals surface area contributed by atoms with E-state index in [1.165, 1.54) is 0 Å². The lowest BCUT2D eigenvalue weighted by Gasteiger charge is -2.18. The lowest BCUT2D eigenvalue weighted by molar-refractivity contribution is 0.0787. The third kappa shape index (κ3) is 3.11. The maximum Gasteiger partial charge on any atom is 0.263 e. The van der Waals surface area contributed by atoms with Crippen LogP contribution in [0.25, 0.3) is 0 Å². The van der Waals surface area contributed by atoms with Crippen molar-refractivity contribution in [3.05, 3.63) is 68.6 Å². The molecule has 1 aromatic carbocycles. The third-order valence-corrected chi connectivity index (χ3v) is 5.51. The molecule has 1 aliphatic carbocycles. The zero-order valence-corrected chi connectivity index (χ0v) is 15.0. The van der Waals surface area contributed by atoms with Gasteiger partial charge in [-0.25, -0.2) is 0 Å². The van der Waals surface area contributed by atoms with Gasteiger partial charge in [-0.3, -0.25) is 9.59 Å². The first-order chi connectivity index (χ1) is 12.0. The number of halogens is 1. The Morgan fingerprint density at radius 2 is 2.00 bits per heavy atom. The molecule has 130 valence electrons. The fraction of sp³-hybridized carbons (Fsp3) is 0.400. The highest BCUT2D eigenvalue weighted by Gasteiger charge is 2.32. The molecule has 1 aromatic heterocycles. The summed E-state index contributed by atoms with van der Waals surface area (Å²) in [7, 11) is 0. The van der Waals surface area contributed by atoms with E-state index >= 15 is 0 Å². The quantitative estimate of drug-likeness (QED) is 0.840. The summed E-state index contributed by atoms with van der Waals surface area (Å²) in [5.41, 5.74) is 2.11. The van der Waals surface area contributed by atoms with E-state index in [0.717, 1.165) is 30.4 Å². The average Bonchev–Trinajstić information content (AvgIpc) is 3.30. The number of amides is 1. The molecule has 1 saturated carbocycles. The summed E-state index contributed by atoms with van der Waals surface area (Å²) in [6, 6.07) is 9.98. The van der Waals surface area contributed by atoms with Crippen LogP contribution in [0.5, 0.6) is 0 Å². The summed E-state index contributed by atoms with van der Waals surface area (Å²) in [5, 5.41) is 0.716. The Labute approximate surface area is 152 Å². The van der Waals surface area contributed by atoms with Gasteiger partial charge >= 0.3 is 0 Å². The molecule has 0 radical (unpaired) electrons. The second-order valence-corrected chi connectivity index (χ2v) is 7.55. The Hall–Kier alpha value is -2.07. The number of carbonyl (C=O) groups excluding carboxylic acids is 1. The summed E-state index contributed by atoms with van der Waals surface area (Å²) in [6.07, 6.45) is 4.77. The van der Waals surface area contributed by atoms with Crippen molar-refractivity contribution in [3.63, 3.8) is 0 Å². The number of aryl methyl sites for hydroxylation is 1. The summed E-state index contributed by atoms with van der Waals surface area (Å²) in [6.45, 7) is 3.15. The molecule has 25 heavy (non-hydrogen) atoms. The Balaban J connectivity index is 1.58. The molecule has 1 amide bonds. The van der Waals surface area contributed by atoms with Crippen LogP contribution in [0.4, 0.5) is 0 Å². The maximum absolute atomic E-state index is 13.0. The van der Waals surface area contributed by atoms with Crippen LogP contribution >= 0.6 is 11.6 Å². The Bertz CT molecular complexity index is 886. The lowest BCUT2D eigenvalue weighted by Crippen LogP contribution is -2.36. The van der Waals surface area contributed by atoms with Crippen molar-refractivity contribution in [2.45, 2.75) is 38.1 Å². The number of carbonyl (C=O) groups is 1. The molecule has 2 fully saturated rings. The molecule has 1 aliphatic heterocycles. The molecular formula is C20H21ClN2O2. The molecule has 2 heterocycles. The highest BCUT2D eigenvalue weighted by atomic mass is 35.5. The number of hydrogen-bond donors (Lipinski definition) is 0. The van der Waals surface area contributed by atoms with Crippen LogP contribution in [0.2, 0.25) is 5.02 Å². The smallest absolute Gasteiger partial charge is 0.263 e. The van der Waals surface area contributed by atoms with Crippen molar-refractivity contribution in [1.82, 2.24) is 9.47 Å². The normalized spacial score (nSPS) is 20.1. The van der Waals surface area contributed by atoms with Crippen LogP contribution in [-0.4, -0.2) is 28.5 Å². The minimum Gasteiger partial charge on any atom is -0.338 e. The van der Waals surface area contributed by atoms with Gasteiger partial charge in [-0.2, -0.15) is 0 Å². The van der Waals surface area contributed by atoms with E-state index in [1.54, 1.807) is 4.57 Å². The van der Waals surface area contributed by atoms with Crippen molar-refractivity contribution >= 4 is 17.5 Å². The topological polar surface area (TPSA) is 42.3 Å². The number of nitrogens with zero attached hydrogens (tertiary/aromatic N) is 2. The number of hydrogen-bond acceptors (Lipinski definition) is 2. The zero-order valence-electron chi connectivity index (χ0n) is 14.2. The SMILES string of the molecule is Cc1ccn(C2CC2)c(=O)c1C(=O)N1CCC(c2cccc(Cl)c2)C1. The zero-order chi connectivity index (χ0) is 17.6. The summed E-state index contributed by atoms with van der Waals surface area (Å²) >= 11 is 6.09. The van der Waals surface area contributed by atoms with Gasteiger partial charge in [0.1, 0.15) is 5.56 Å². The Morgan fingerprint density at radius 1 is 1.20 bits per heavy atom. The molecule has 2 aromatic rings. The van der Waals surface area contributed by atoms with Gasteiger partial charge in [0.2, 0.25) is 0 Å². The number of aromatic nitrogens is 1. The highest BCUT2D eigenvalue weighted by molar-refractivity contribution is 6.30. The molecule has 2 aliphatic rings. The fourth-order valence-corrected chi connectivity index (χ4v) is 3.88. The molecule has 0 bridgehead atoms. The van der Waals surface area contributed by atoms with E-state index in [1.807, 2.05) is 42.3 Å². The van der Waals surface area contributed by atoms with Gasteiger partial charge in [-0.1, -0.05) is 23.7 Å². The maximum atomic E-state index is 13.0. The van der Waals surface area contributed by atoms with Crippen LogP contribution < -0.4 is 5.56 Å².